The lowest BCUT2D eigenvalue weighted by molar-refractivity contribution is -0.123. The molecule has 0 saturated carbocycles. The molecule has 28 heavy (non-hydrogen) atoms. The maximum absolute atomic E-state index is 13.0. The van der Waals surface area contributed by atoms with Gasteiger partial charge < -0.3 is 10.2 Å². The summed E-state index contributed by atoms with van der Waals surface area (Å²) < 4.78 is 27.6. The third-order valence-electron chi connectivity index (χ3n) is 6.71. The summed E-state index contributed by atoms with van der Waals surface area (Å²) in [5.74, 6) is 1.09. The van der Waals surface area contributed by atoms with Crippen molar-refractivity contribution in [2.24, 2.45) is 17.8 Å². The molecule has 3 saturated heterocycles. The number of piperidine rings is 1. The van der Waals surface area contributed by atoms with Crippen LogP contribution in [0.3, 0.4) is 0 Å². The largest absolute Gasteiger partial charge is 0.350 e. The Labute approximate surface area is 168 Å². The molecule has 0 radical (unpaired) electrons. The van der Waals surface area contributed by atoms with E-state index in [0.717, 1.165) is 25.2 Å². The molecule has 7 heteroatoms. The van der Waals surface area contributed by atoms with Crippen LogP contribution in [-0.4, -0.2) is 61.8 Å². The van der Waals surface area contributed by atoms with Crippen LogP contribution >= 0.6 is 0 Å². The van der Waals surface area contributed by atoms with Crippen LogP contribution < -0.4 is 5.32 Å². The molecular formula is C21H31N3O3S. The minimum atomic E-state index is -3.48. The summed E-state index contributed by atoms with van der Waals surface area (Å²) in [5, 5.41) is 3.28. The Bertz CT molecular complexity index is 842. The average Bonchev–Trinajstić information content (AvgIpc) is 3.15. The van der Waals surface area contributed by atoms with Gasteiger partial charge in [-0.1, -0.05) is 31.5 Å². The number of nitrogens with zero attached hydrogens (tertiary/aromatic N) is 2. The van der Waals surface area contributed by atoms with Gasteiger partial charge in [0.05, 0.1) is 10.8 Å². The van der Waals surface area contributed by atoms with Crippen molar-refractivity contribution in [3.8, 4) is 0 Å². The molecule has 0 aromatic heterocycles. The van der Waals surface area contributed by atoms with Crippen LogP contribution in [0.15, 0.2) is 29.2 Å². The Balaban J connectivity index is 1.47. The van der Waals surface area contributed by atoms with Crippen LogP contribution in [0.25, 0.3) is 0 Å². The number of amides is 1. The molecule has 3 heterocycles. The van der Waals surface area contributed by atoms with Gasteiger partial charge in [0.1, 0.15) is 0 Å². The molecule has 3 aliphatic rings. The molecule has 0 aliphatic carbocycles. The molecule has 3 aliphatic heterocycles. The van der Waals surface area contributed by atoms with Crippen LogP contribution in [0.4, 0.5) is 0 Å². The SMILES string of the molecule is Cc1ccc(S(=O)(=O)N2CCC3(CC2)NC(=O)[C@@H]2CN(CC(C)C)C[C@@H]23)cc1. The van der Waals surface area contributed by atoms with Gasteiger partial charge >= 0.3 is 0 Å². The lowest BCUT2D eigenvalue weighted by Gasteiger charge is -2.42. The minimum absolute atomic E-state index is 0.0546. The number of carbonyl (C=O) groups excluding carboxylic acids is 1. The number of aryl methyl sites for hydroxylation is 1. The van der Waals surface area contributed by atoms with Crippen molar-refractivity contribution in [3.63, 3.8) is 0 Å². The molecule has 1 spiro atoms. The Kier molecular flexibility index (Phi) is 5.04. The highest BCUT2D eigenvalue weighted by atomic mass is 32.2. The van der Waals surface area contributed by atoms with Gasteiger partial charge in [0.2, 0.25) is 15.9 Å². The number of hydrogen-bond donors (Lipinski definition) is 1. The number of nitrogens with one attached hydrogen (secondary N) is 1. The van der Waals surface area contributed by atoms with E-state index in [-0.39, 0.29) is 17.4 Å². The molecule has 1 amide bonds. The number of fused-ring (bicyclic) bond motifs is 2. The van der Waals surface area contributed by atoms with Crippen LogP contribution in [0, 0.1) is 24.7 Å². The van der Waals surface area contributed by atoms with E-state index in [1.807, 2.05) is 19.1 Å². The standard InChI is InChI=1S/C21H31N3O3S/c1-15(2)12-23-13-18-19(14-23)21(22-20(18)25)8-10-24(11-9-21)28(26,27)17-6-4-16(3)5-7-17/h4-7,15,18-19H,8-14H2,1-3H3,(H,22,25)/t18-,19+/m1/s1. The molecule has 154 valence electrons. The highest BCUT2D eigenvalue weighted by molar-refractivity contribution is 7.89. The van der Waals surface area contributed by atoms with E-state index in [9.17, 15) is 13.2 Å². The van der Waals surface area contributed by atoms with Crippen LogP contribution in [0.2, 0.25) is 0 Å². The Morgan fingerprint density at radius 1 is 1.14 bits per heavy atom. The maximum atomic E-state index is 13.0. The van der Waals surface area contributed by atoms with Gasteiger partial charge in [0.15, 0.2) is 0 Å². The van der Waals surface area contributed by atoms with E-state index < -0.39 is 10.0 Å². The number of carbonyl (C=O) groups is 1. The molecule has 1 aromatic carbocycles. The fourth-order valence-electron chi connectivity index (χ4n) is 5.29. The molecule has 3 fully saturated rings. The topological polar surface area (TPSA) is 69.7 Å². The Hall–Kier alpha value is -1.44. The second kappa shape index (κ2) is 7.11. The summed E-state index contributed by atoms with van der Waals surface area (Å²) in [6.45, 7) is 10.1. The first-order chi connectivity index (χ1) is 13.2. The molecule has 6 nitrogen and oxygen atoms in total. The zero-order valence-corrected chi connectivity index (χ0v) is 17.8. The summed E-state index contributed by atoms with van der Waals surface area (Å²) >= 11 is 0. The fraction of sp³-hybridized carbons (Fsp3) is 0.667. The number of sulfonamides is 1. The van der Waals surface area contributed by atoms with Crippen molar-refractivity contribution in [1.29, 1.82) is 0 Å². The fourth-order valence-corrected chi connectivity index (χ4v) is 6.73. The quantitative estimate of drug-likeness (QED) is 0.830. The van der Waals surface area contributed by atoms with Crippen molar-refractivity contribution >= 4 is 15.9 Å². The van der Waals surface area contributed by atoms with Gasteiger partial charge in [-0.25, -0.2) is 8.42 Å². The van der Waals surface area contributed by atoms with E-state index in [1.165, 1.54) is 0 Å². The normalized spacial score (nSPS) is 28.1. The zero-order valence-electron chi connectivity index (χ0n) is 17.0. The van der Waals surface area contributed by atoms with E-state index in [2.05, 4.69) is 24.1 Å². The summed E-state index contributed by atoms with van der Waals surface area (Å²) in [6, 6.07) is 7.04. The third kappa shape index (κ3) is 3.37. The van der Waals surface area contributed by atoms with Crippen molar-refractivity contribution in [3.05, 3.63) is 29.8 Å². The molecule has 0 bridgehead atoms. The predicted molar refractivity (Wildman–Crippen MR) is 108 cm³/mol. The third-order valence-corrected chi connectivity index (χ3v) is 8.62. The first-order valence-electron chi connectivity index (χ1n) is 10.3. The molecule has 1 aromatic rings. The smallest absolute Gasteiger partial charge is 0.243 e. The second-order valence-electron chi connectivity index (χ2n) is 9.19. The molecular weight excluding hydrogens is 374 g/mol. The zero-order chi connectivity index (χ0) is 20.1. The van der Waals surface area contributed by atoms with Crippen molar-refractivity contribution < 1.29 is 13.2 Å². The lowest BCUT2D eigenvalue weighted by Crippen LogP contribution is -2.56. The van der Waals surface area contributed by atoms with Crippen molar-refractivity contribution in [2.45, 2.75) is 44.0 Å². The van der Waals surface area contributed by atoms with E-state index in [4.69, 9.17) is 0 Å². The van der Waals surface area contributed by atoms with Crippen LogP contribution in [0.5, 0.6) is 0 Å². The van der Waals surface area contributed by atoms with Gasteiger partial charge in [-0.2, -0.15) is 4.31 Å². The van der Waals surface area contributed by atoms with Crippen LogP contribution in [0.1, 0.15) is 32.3 Å². The molecule has 1 N–H and O–H groups in total. The Morgan fingerprint density at radius 3 is 2.39 bits per heavy atom. The molecule has 4 rings (SSSR count). The highest BCUT2D eigenvalue weighted by Crippen LogP contribution is 2.44. The van der Waals surface area contributed by atoms with Crippen LogP contribution in [-0.2, 0) is 14.8 Å². The molecule has 0 unspecified atom stereocenters. The summed E-state index contributed by atoms with van der Waals surface area (Å²) in [4.78, 5) is 15.4. The minimum Gasteiger partial charge on any atom is -0.350 e. The summed E-state index contributed by atoms with van der Waals surface area (Å²) in [6.07, 6.45) is 1.39. The van der Waals surface area contributed by atoms with E-state index in [0.29, 0.717) is 42.7 Å². The van der Waals surface area contributed by atoms with Gasteiger partial charge in [-0.3, -0.25) is 4.79 Å². The number of benzene rings is 1. The average molecular weight is 406 g/mol. The second-order valence-corrected chi connectivity index (χ2v) is 11.1. The highest BCUT2D eigenvalue weighted by Gasteiger charge is 2.57. The van der Waals surface area contributed by atoms with Gasteiger partial charge in [-0.05, 0) is 37.8 Å². The van der Waals surface area contributed by atoms with Crippen molar-refractivity contribution in [1.82, 2.24) is 14.5 Å². The van der Waals surface area contributed by atoms with Crippen molar-refractivity contribution in [2.75, 3.05) is 32.7 Å². The summed E-state index contributed by atoms with van der Waals surface area (Å²) in [5.41, 5.74) is 0.802. The first kappa shape index (κ1) is 19.9. The lowest BCUT2D eigenvalue weighted by atomic mass is 9.76. The first-order valence-corrected chi connectivity index (χ1v) is 11.8. The van der Waals surface area contributed by atoms with E-state index in [1.54, 1.807) is 16.4 Å². The van der Waals surface area contributed by atoms with Gasteiger partial charge in [0.25, 0.3) is 0 Å². The van der Waals surface area contributed by atoms with E-state index >= 15 is 0 Å². The predicted octanol–water partition coefficient (Wildman–Crippen LogP) is 1.85. The van der Waals surface area contributed by atoms with Gasteiger partial charge in [-0.15, -0.1) is 0 Å². The number of hydrogen-bond acceptors (Lipinski definition) is 4. The maximum Gasteiger partial charge on any atom is 0.243 e. The van der Waals surface area contributed by atoms with Gasteiger partial charge in [0, 0.05) is 44.2 Å². The monoisotopic (exact) mass is 405 g/mol. The Morgan fingerprint density at radius 2 is 1.79 bits per heavy atom. The number of likely N-dealkylation sites (tertiary alicyclic amines) is 1. The molecule has 2 atom stereocenters. The number of rotatable bonds is 4. The summed E-state index contributed by atoms with van der Waals surface area (Å²) in [7, 11) is -3.48.